The van der Waals surface area contributed by atoms with Gasteiger partial charge in [-0.05, 0) is 18.2 Å². The van der Waals surface area contributed by atoms with Gasteiger partial charge < -0.3 is 5.32 Å². The second kappa shape index (κ2) is 2.95. The van der Waals surface area contributed by atoms with E-state index in [0.29, 0.717) is 23.2 Å². The number of rotatable bonds is 2. The van der Waals surface area contributed by atoms with Gasteiger partial charge in [-0.3, -0.25) is 19.7 Å². The van der Waals surface area contributed by atoms with Crippen LogP contribution in [-0.2, 0) is 4.79 Å². The summed E-state index contributed by atoms with van der Waals surface area (Å²) in [5.74, 6) is -0.831. The van der Waals surface area contributed by atoms with Gasteiger partial charge in [-0.15, -0.1) is 0 Å². The van der Waals surface area contributed by atoms with Crippen molar-refractivity contribution in [1.29, 1.82) is 0 Å². The van der Waals surface area contributed by atoms with E-state index in [4.69, 9.17) is 0 Å². The Morgan fingerprint density at radius 3 is 2.57 bits per heavy atom. The lowest BCUT2D eigenvalue weighted by Crippen LogP contribution is -2.19. The van der Waals surface area contributed by atoms with Crippen molar-refractivity contribution < 1.29 is 14.4 Å². The molecule has 1 heterocycles. The molecule has 2 rings (SSSR count). The maximum atomic E-state index is 11.2. The summed E-state index contributed by atoms with van der Waals surface area (Å²) in [6.07, 6.45) is 0.510. The van der Waals surface area contributed by atoms with Crippen molar-refractivity contribution in [3.8, 4) is 0 Å². The molecule has 1 aromatic carbocycles. The molecule has 1 aromatic rings. The minimum absolute atomic E-state index is 0.293. The highest BCUT2D eigenvalue weighted by molar-refractivity contribution is 6.21. The topological polar surface area (TPSA) is 75.3 Å². The van der Waals surface area contributed by atoms with Crippen molar-refractivity contribution in [2.75, 3.05) is 5.32 Å². The smallest absolute Gasteiger partial charge is 0.259 e. The number of amides is 3. The zero-order valence-electron chi connectivity index (χ0n) is 7.03. The molecule has 70 valence electrons. The third-order valence-corrected chi connectivity index (χ3v) is 1.96. The lowest BCUT2D eigenvalue weighted by Gasteiger charge is -1.99. The van der Waals surface area contributed by atoms with Crippen LogP contribution in [0.4, 0.5) is 5.69 Å². The van der Waals surface area contributed by atoms with Crippen LogP contribution in [0.5, 0.6) is 0 Å². The molecular weight excluding hydrogens is 184 g/mol. The van der Waals surface area contributed by atoms with Crippen LogP contribution in [0.15, 0.2) is 18.2 Å². The fourth-order valence-corrected chi connectivity index (χ4v) is 1.33. The Kier molecular flexibility index (Phi) is 1.78. The Labute approximate surface area is 79.1 Å². The fourth-order valence-electron chi connectivity index (χ4n) is 1.33. The lowest BCUT2D eigenvalue weighted by molar-refractivity contribution is -0.105. The molecule has 0 saturated carbocycles. The van der Waals surface area contributed by atoms with Gasteiger partial charge in [-0.25, -0.2) is 0 Å². The Bertz CT molecular complexity index is 440. The van der Waals surface area contributed by atoms with Crippen LogP contribution in [0, 0.1) is 0 Å². The number of hydrogen-bond acceptors (Lipinski definition) is 3. The van der Waals surface area contributed by atoms with E-state index in [0.717, 1.165) is 0 Å². The summed E-state index contributed by atoms with van der Waals surface area (Å²) in [5.41, 5.74) is 1.12. The highest BCUT2D eigenvalue weighted by Gasteiger charge is 2.26. The Balaban J connectivity index is 2.49. The standard InChI is InChI=1S/C9H6N2O3/c12-4-10-5-1-2-6-7(3-5)9(14)11-8(6)13/h1-4H,(H,10,12)(H,11,13,14). The van der Waals surface area contributed by atoms with Gasteiger partial charge in [0.05, 0.1) is 11.1 Å². The van der Waals surface area contributed by atoms with Crippen molar-refractivity contribution in [2.24, 2.45) is 0 Å². The fraction of sp³-hybridized carbons (Fsp3) is 0. The van der Waals surface area contributed by atoms with Gasteiger partial charge in [-0.1, -0.05) is 0 Å². The zero-order valence-corrected chi connectivity index (χ0v) is 7.03. The van der Waals surface area contributed by atoms with E-state index in [1.54, 1.807) is 6.07 Å². The molecule has 1 aliphatic heterocycles. The van der Waals surface area contributed by atoms with E-state index in [-0.39, 0.29) is 0 Å². The summed E-state index contributed by atoms with van der Waals surface area (Å²) in [6, 6.07) is 4.52. The van der Waals surface area contributed by atoms with Crippen molar-refractivity contribution in [1.82, 2.24) is 5.32 Å². The third kappa shape index (κ3) is 1.15. The number of nitrogens with one attached hydrogen (secondary N) is 2. The zero-order chi connectivity index (χ0) is 10.1. The molecule has 3 amide bonds. The number of imide groups is 1. The first kappa shape index (κ1) is 8.43. The highest BCUT2D eigenvalue weighted by Crippen LogP contribution is 2.19. The minimum Gasteiger partial charge on any atom is -0.329 e. The van der Waals surface area contributed by atoms with Gasteiger partial charge in [0.25, 0.3) is 11.8 Å². The van der Waals surface area contributed by atoms with Crippen LogP contribution < -0.4 is 10.6 Å². The van der Waals surface area contributed by atoms with Crippen LogP contribution >= 0.6 is 0 Å². The molecule has 14 heavy (non-hydrogen) atoms. The molecule has 5 heteroatoms. The summed E-state index contributed by atoms with van der Waals surface area (Å²) >= 11 is 0. The maximum absolute atomic E-state index is 11.2. The largest absolute Gasteiger partial charge is 0.329 e. The van der Waals surface area contributed by atoms with Gasteiger partial charge in [0.2, 0.25) is 6.41 Å². The quantitative estimate of drug-likeness (QED) is 0.514. The van der Waals surface area contributed by atoms with Crippen LogP contribution in [0.3, 0.4) is 0 Å². The van der Waals surface area contributed by atoms with Crippen LogP contribution in [0.1, 0.15) is 20.7 Å². The molecule has 2 N–H and O–H groups in total. The molecule has 0 atom stereocenters. The predicted octanol–water partition coefficient (Wildman–Crippen LogP) is 0.138. The van der Waals surface area contributed by atoms with E-state index in [1.807, 2.05) is 0 Å². The number of fused-ring (bicyclic) bond motifs is 1. The van der Waals surface area contributed by atoms with Crippen LogP contribution in [-0.4, -0.2) is 18.2 Å². The molecule has 0 radical (unpaired) electrons. The second-order valence-electron chi connectivity index (χ2n) is 2.81. The monoisotopic (exact) mass is 190 g/mol. The SMILES string of the molecule is O=CNc1ccc2c(c1)C(=O)NC2=O. The first-order chi connectivity index (χ1) is 6.72. The van der Waals surface area contributed by atoms with E-state index >= 15 is 0 Å². The average molecular weight is 190 g/mol. The van der Waals surface area contributed by atoms with Gasteiger partial charge >= 0.3 is 0 Å². The van der Waals surface area contributed by atoms with Gasteiger partial charge in [-0.2, -0.15) is 0 Å². The molecule has 0 fully saturated rings. The molecule has 0 bridgehead atoms. The van der Waals surface area contributed by atoms with E-state index in [2.05, 4.69) is 10.6 Å². The predicted molar refractivity (Wildman–Crippen MR) is 47.9 cm³/mol. The number of carbonyl (C=O) groups is 3. The van der Waals surface area contributed by atoms with Crippen molar-refractivity contribution >= 4 is 23.9 Å². The Morgan fingerprint density at radius 1 is 1.14 bits per heavy atom. The van der Waals surface area contributed by atoms with Crippen molar-refractivity contribution in [3.05, 3.63) is 29.3 Å². The van der Waals surface area contributed by atoms with Crippen LogP contribution in [0.25, 0.3) is 0 Å². The molecule has 0 aromatic heterocycles. The third-order valence-electron chi connectivity index (χ3n) is 1.96. The first-order valence-electron chi connectivity index (χ1n) is 3.92. The molecule has 1 aliphatic rings. The van der Waals surface area contributed by atoms with Crippen molar-refractivity contribution in [2.45, 2.75) is 0 Å². The normalized spacial score (nSPS) is 13.4. The number of anilines is 1. The summed E-state index contributed by atoms with van der Waals surface area (Å²) in [7, 11) is 0. The van der Waals surface area contributed by atoms with E-state index in [1.165, 1.54) is 12.1 Å². The van der Waals surface area contributed by atoms with Gasteiger partial charge in [0.15, 0.2) is 0 Å². The van der Waals surface area contributed by atoms with Gasteiger partial charge in [0, 0.05) is 5.69 Å². The summed E-state index contributed by atoms with van der Waals surface area (Å²) < 4.78 is 0. The average Bonchev–Trinajstić information content (AvgIpc) is 2.43. The Hall–Kier alpha value is -2.17. The number of benzene rings is 1. The molecule has 0 spiro atoms. The summed E-state index contributed by atoms with van der Waals surface area (Å²) in [6.45, 7) is 0. The molecule has 0 unspecified atom stereocenters. The molecular formula is C9H6N2O3. The summed E-state index contributed by atoms with van der Waals surface area (Å²) in [4.78, 5) is 32.4. The molecule has 0 aliphatic carbocycles. The minimum atomic E-state index is -0.431. The maximum Gasteiger partial charge on any atom is 0.259 e. The van der Waals surface area contributed by atoms with E-state index in [9.17, 15) is 14.4 Å². The van der Waals surface area contributed by atoms with Crippen molar-refractivity contribution in [3.63, 3.8) is 0 Å². The van der Waals surface area contributed by atoms with Gasteiger partial charge in [0.1, 0.15) is 0 Å². The summed E-state index contributed by atoms with van der Waals surface area (Å²) in [5, 5.41) is 4.56. The highest BCUT2D eigenvalue weighted by atomic mass is 16.2. The lowest BCUT2D eigenvalue weighted by atomic mass is 10.1. The number of carbonyl (C=O) groups excluding carboxylic acids is 3. The molecule has 0 saturated heterocycles. The Morgan fingerprint density at radius 2 is 1.86 bits per heavy atom. The first-order valence-corrected chi connectivity index (χ1v) is 3.92. The second-order valence-corrected chi connectivity index (χ2v) is 2.81. The number of hydrogen-bond donors (Lipinski definition) is 2. The molecule has 5 nitrogen and oxygen atoms in total. The van der Waals surface area contributed by atoms with E-state index < -0.39 is 11.8 Å². The van der Waals surface area contributed by atoms with Crippen LogP contribution in [0.2, 0.25) is 0 Å².